The number of phenols is 2. The first kappa shape index (κ1) is 29.2. The number of carboxylic acid groups (broad SMARTS) is 1. The van der Waals surface area contributed by atoms with Crippen molar-refractivity contribution in [1.29, 1.82) is 0 Å². The fourth-order valence-electron chi connectivity index (χ4n) is 5.49. The third-order valence-electron chi connectivity index (χ3n) is 8.01. The summed E-state index contributed by atoms with van der Waals surface area (Å²) in [5, 5.41) is 42.0. The van der Waals surface area contributed by atoms with Crippen molar-refractivity contribution in [3.63, 3.8) is 0 Å². The second kappa shape index (κ2) is 11.8. The molecule has 4 rings (SSSR count). The van der Waals surface area contributed by atoms with E-state index in [0.717, 1.165) is 12.8 Å². The zero-order valence-electron chi connectivity index (χ0n) is 23.6. The van der Waals surface area contributed by atoms with Crippen molar-refractivity contribution in [3.05, 3.63) is 75.9 Å². The molecule has 4 N–H and O–H groups in total. The van der Waals surface area contributed by atoms with Gasteiger partial charge in [-0.3, -0.25) is 4.79 Å². The van der Waals surface area contributed by atoms with Crippen molar-refractivity contribution in [2.45, 2.75) is 90.5 Å². The van der Waals surface area contributed by atoms with Crippen LogP contribution in [0.2, 0.25) is 0 Å². The lowest BCUT2D eigenvalue weighted by atomic mass is 9.84. The molecule has 2 heterocycles. The van der Waals surface area contributed by atoms with Crippen LogP contribution in [-0.2, 0) is 24.2 Å². The lowest BCUT2D eigenvalue weighted by molar-refractivity contribution is -0.142. The molecule has 8 nitrogen and oxygen atoms in total. The summed E-state index contributed by atoms with van der Waals surface area (Å²) in [6, 6.07) is 6.55. The van der Waals surface area contributed by atoms with Gasteiger partial charge in [-0.1, -0.05) is 41.5 Å². The number of ether oxygens (including phenoxy) is 1. The van der Waals surface area contributed by atoms with Gasteiger partial charge in [-0.2, -0.15) is 0 Å². The minimum absolute atomic E-state index is 0.0170. The number of carbonyl (C=O) groups is 2. The predicted molar refractivity (Wildman–Crippen MR) is 152 cm³/mol. The molecule has 0 fully saturated rings. The highest BCUT2D eigenvalue weighted by molar-refractivity contribution is 6.02. The van der Waals surface area contributed by atoms with E-state index in [1.807, 2.05) is 6.92 Å². The van der Waals surface area contributed by atoms with E-state index in [1.165, 1.54) is 28.2 Å². The van der Waals surface area contributed by atoms with Crippen LogP contribution >= 0.6 is 0 Å². The molecule has 0 saturated heterocycles. The van der Waals surface area contributed by atoms with Gasteiger partial charge in [0.2, 0.25) is 0 Å². The molecule has 0 spiro atoms. The van der Waals surface area contributed by atoms with Crippen LogP contribution in [0.5, 0.6) is 17.2 Å². The van der Waals surface area contributed by atoms with Gasteiger partial charge in [0.15, 0.2) is 0 Å². The number of nitrogens with zero attached hydrogens (tertiary/aromatic N) is 1. The van der Waals surface area contributed by atoms with Crippen LogP contribution in [0.15, 0.2) is 53.6 Å². The van der Waals surface area contributed by atoms with E-state index in [0.29, 0.717) is 35.3 Å². The van der Waals surface area contributed by atoms with Gasteiger partial charge in [0.05, 0.1) is 18.2 Å². The van der Waals surface area contributed by atoms with Crippen LogP contribution in [0.3, 0.4) is 0 Å². The van der Waals surface area contributed by atoms with Gasteiger partial charge in [-0.05, 0) is 71.1 Å². The molecule has 1 amide bonds. The minimum atomic E-state index is -1.23. The number of aliphatic hydroxyl groups excluding tert-OH is 1. The molecule has 0 saturated carbocycles. The van der Waals surface area contributed by atoms with Crippen LogP contribution < -0.4 is 4.74 Å². The molecule has 2 aliphatic heterocycles. The van der Waals surface area contributed by atoms with Crippen molar-refractivity contribution >= 4 is 11.9 Å². The number of allylic oxidation sites excluding steroid dienone is 4. The monoisotopic (exact) mass is 549 g/mol. The number of amides is 1. The smallest absolute Gasteiger partial charge is 0.326 e. The fourth-order valence-corrected chi connectivity index (χ4v) is 5.49. The molecular weight excluding hydrogens is 510 g/mol. The van der Waals surface area contributed by atoms with Gasteiger partial charge in [0.25, 0.3) is 5.91 Å². The lowest BCUT2D eigenvalue weighted by Crippen LogP contribution is -2.49. The summed E-state index contributed by atoms with van der Waals surface area (Å²) in [6.07, 6.45) is 6.73. The Morgan fingerprint density at radius 1 is 1.12 bits per heavy atom. The second-order valence-corrected chi connectivity index (χ2v) is 11.4. The van der Waals surface area contributed by atoms with Crippen molar-refractivity contribution < 1.29 is 34.8 Å². The number of rotatable bonds is 10. The minimum Gasteiger partial charge on any atom is -0.508 e. The number of hydrogen-bond donors (Lipinski definition) is 4. The summed E-state index contributed by atoms with van der Waals surface area (Å²) in [6.45, 7) is 8.06. The number of hydrogen-bond acceptors (Lipinski definition) is 6. The number of phenolic OH excluding ortho intramolecular Hbond substituents is 2. The molecule has 214 valence electrons. The maximum absolute atomic E-state index is 13.4. The number of aliphatic carboxylic acids is 1. The third-order valence-corrected chi connectivity index (χ3v) is 8.01. The summed E-state index contributed by atoms with van der Waals surface area (Å²) in [4.78, 5) is 26.9. The molecule has 8 heteroatoms. The Bertz CT molecular complexity index is 1360. The van der Waals surface area contributed by atoms with Crippen molar-refractivity contribution in [2.24, 2.45) is 0 Å². The highest BCUT2D eigenvalue weighted by Gasteiger charge is 2.45. The molecule has 2 aliphatic rings. The molecule has 3 unspecified atom stereocenters. The van der Waals surface area contributed by atoms with Crippen molar-refractivity contribution in [2.75, 3.05) is 0 Å². The second-order valence-electron chi connectivity index (χ2n) is 11.4. The van der Waals surface area contributed by atoms with Crippen LogP contribution in [-0.4, -0.2) is 54.9 Å². The summed E-state index contributed by atoms with van der Waals surface area (Å²) < 4.78 is 6.41. The Labute approximate surface area is 235 Å². The Hall–Kier alpha value is -3.78. The summed E-state index contributed by atoms with van der Waals surface area (Å²) in [5.74, 6) is -1.58. The summed E-state index contributed by atoms with van der Waals surface area (Å²) >= 11 is 0. The zero-order valence-corrected chi connectivity index (χ0v) is 23.6. The SMILES string of the molecule is CC(C)=CCC/C(C)=C/CCC1(C)Oc2c(c(O)cc3c2CN(C(Cc2ccccc2O)C(=O)O)C3=O)CC1O. The van der Waals surface area contributed by atoms with E-state index >= 15 is 0 Å². The third kappa shape index (κ3) is 6.02. The van der Waals surface area contributed by atoms with E-state index < -0.39 is 29.6 Å². The van der Waals surface area contributed by atoms with Crippen LogP contribution in [0.1, 0.15) is 80.4 Å². The molecule has 0 bridgehead atoms. The average Bonchev–Trinajstić information content (AvgIpc) is 3.20. The highest BCUT2D eigenvalue weighted by Crippen LogP contribution is 2.46. The van der Waals surface area contributed by atoms with E-state index in [9.17, 15) is 30.0 Å². The van der Waals surface area contributed by atoms with E-state index in [2.05, 4.69) is 32.9 Å². The molecular formula is C32H39NO7. The van der Waals surface area contributed by atoms with Crippen molar-refractivity contribution in [3.8, 4) is 17.2 Å². The molecule has 0 aliphatic carbocycles. The lowest BCUT2D eigenvalue weighted by Gasteiger charge is -2.41. The molecule has 0 aromatic heterocycles. The summed E-state index contributed by atoms with van der Waals surface area (Å²) in [5.41, 5.74) is 3.12. The highest BCUT2D eigenvalue weighted by atomic mass is 16.5. The van der Waals surface area contributed by atoms with Crippen LogP contribution in [0.25, 0.3) is 0 Å². The number of aliphatic hydroxyl groups is 1. The van der Waals surface area contributed by atoms with E-state index in [-0.39, 0.29) is 36.4 Å². The Balaban J connectivity index is 1.57. The Kier molecular flexibility index (Phi) is 8.59. The summed E-state index contributed by atoms with van der Waals surface area (Å²) in [7, 11) is 0. The number of para-hydroxylation sites is 1. The first-order valence-corrected chi connectivity index (χ1v) is 13.8. The first-order valence-electron chi connectivity index (χ1n) is 13.8. The maximum atomic E-state index is 13.4. The topological polar surface area (TPSA) is 128 Å². The quantitative estimate of drug-likeness (QED) is 0.297. The van der Waals surface area contributed by atoms with Gasteiger partial charge in [0, 0.05) is 24.0 Å². The molecule has 2 aromatic carbocycles. The zero-order chi connectivity index (χ0) is 29.2. The predicted octanol–water partition coefficient (Wildman–Crippen LogP) is 5.28. The number of aromatic hydroxyl groups is 2. The van der Waals surface area contributed by atoms with Gasteiger partial charge < -0.3 is 30.1 Å². The number of fused-ring (bicyclic) bond motifs is 3. The normalized spacial score (nSPS) is 20.9. The number of carboxylic acids is 1. The average molecular weight is 550 g/mol. The number of carbonyl (C=O) groups excluding carboxylic acids is 1. The van der Waals surface area contributed by atoms with Gasteiger partial charge in [-0.15, -0.1) is 0 Å². The molecule has 40 heavy (non-hydrogen) atoms. The van der Waals surface area contributed by atoms with E-state index in [1.54, 1.807) is 18.2 Å². The van der Waals surface area contributed by atoms with Gasteiger partial charge in [-0.25, -0.2) is 4.79 Å². The Morgan fingerprint density at radius 3 is 2.52 bits per heavy atom. The van der Waals surface area contributed by atoms with E-state index in [4.69, 9.17) is 4.74 Å². The standard InChI is InChI=1S/C32H39NO7/c1-19(2)9-7-10-20(3)11-8-14-32(4)28(36)17-23-27(35)16-22-24(29(23)40-32)18-33(30(22)37)25(31(38)39)15-21-12-5-6-13-26(21)34/h5-6,9,11-13,16,25,28,34-36H,7-8,10,14-15,17-18H2,1-4H3,(H,38,39)/b20-11+. The van der Waals surface area contributed by atoms with Gasteiger partial charge in [0.1, 0.15) is 28.9 Å². The van der Waals surface area contributed by atoms with Crippen LogP contribution in [0, 0.1) is 0 Å². The molecule has 0 radical (unpaired) electrons. The van der Waals surface area contributed by atoms with Crippen molar-refractivity contribution in [1.82, 2.24) is 4.90 Å². The molecule has 2 aromatic rings. The number of benzene rings is 2. The Morgan fingerprint density at radius 2 is 1.85 bits per heavy atom. The molecule has 3 atom stereocenters. The maximum Gasteiger partial charge on any atom is 0.326 e. The first-order chi connectivity index (χ1) is 18.9. The largest absolute Gasteiger partial charge is 0.508 e. The van der Waals surface area contributed by atoms with Crippen LogP contribution in [0.4, 0.5) is 0 Å². The fraction of sp³-hybridized carbons (Fsp3) is 0.438. The van der Waals surface area contributed by atoms with Gasteiger partial charge >= 0.3 is 5.97 Å².